The molecule has 0 atom stereocenters. The molecule has 2 rings (SSSR count). The summed E-state index contributed by atoms with van der Waals surface area (Å²) in [4.78, 5) is -5.06. The zero-order chi connectivity index (χ0) is 27.4. The maximum absolute atomic E-state index is 12.8. The van der Waals surface area contributed by atoms with Gasteiger partial charge in [-0.15, -0.1) is 4.13 Å². The molecular weight excluding hydrogens is 591 g/mol. The molecule has 0 aliphatic rings. The Balaban J connectivity index is 2.79. The first-order valence-corrected chi connectivity index (χ1v) is 19.3. The van der Waals surface area contributed by atoms with Crippen LogP contribution in [-0.4, -0.2) is 75.5 Å². The molecule has 0 fully saturated rings. The van der Waals surface area contributed by atoms with Crippen molar-refractivity contribution in [3.63, 3.8) is 0 Å². The van der Waals surface area contributed by atoms with E-state index in [9.17, 15) is 50.5 Å². The van der Waals surface area contributed by atoms with Crippen LogP contribution >= 0.6 is 0 Å². The van der Waals surface area contributed by atoms with Gasteiger partial charge in [-0.2, -0.15) is 0 Å². The quantitative estimate of drug-likeness (QED) is 0.380. The molecule has 0 spiro atoms. The molecule has 1 N–H and O–H groups in total. The minimum atomic E-state index is -5.19. The van der Waals surface area contributed by atoms with E-state index in [2.05, 4.69) is 0 Å². The fourth-order valence-electron chi connectivity index (χ4n) is 2.50. The summed E-state index contributed by atoms with van der Waals surface area (Å²) in [6.45, 7) is 0. The van der Waals surface area contributed by atoms with Crippen LogP contribution in [0.2, 0.25) is 0 Å². The van der Waals surface area contributed by atoms with Gasteiger partial charge in [0.1, 0.15) is 0 Å². The Morgan fingerprint density at radius 3 is 0.714 bits per heavy atom. The Hall–Kier alpha value is -1.90. The van der Waals surface area contributed by atoms with Gasteiger partial charge in [0.05, 0.1) is 29.4 Å². The summed E-state index contributed by atoms with van der Waals surface area (Å²) in [6, 6.07) is 3.47. The third kappa shape index (κ3) is 7.08. The van der Waals surface area contributed by atoms with Crippen molar-refractivity contribution in [1.82, 2.24) is 4.13 Å². The number of sulfonamides is 2. The number of nitrogens with one attached hydrogen (secondary N) is 1. The predicted octanol–water partition coefficient (Wildman–Crippen LogP) is -1.03. The number of benzene rings is 2. The van der Waals surface area contributed by atoms with E-state index in [4.69, 9.17) is 0 Å². The minimum Gasteiger partial charge on any atom is -0.224 e. The molecule has 0 bridgehead atoms. The maximum Gasteiger partial charge on any atom is 0.253 e. The SMILES string of the molecule is CS(=O)(=O)c1cc(S(C)(=O)=O)cc(S(=O)(=O)NS(=O)(=O)c2cc(S(C)(=O)=O)cc(S(C)(=O)=O)c2)c1. The van der Waals surface area contributed by atoms with E-state index < -0.39 is 88.8 Å². The summed E-state index contributed by atoms with van der Waals surface area (Å²) in [6.07, 6.45) is 2.66. The van der Waals surface area contributed by atoms with Gasteiger partial charge >= 0.3 is 0 Å². The van der Waals surface area contributed by atoms with E-state index in [0.717, 1.165) is 0 Å². The third-order valence-corrected chi connectivity index (χ3v) is 12.1. The topological polar surface area (TPSA) is 217 Å². The van der Waals surface area contributed by atoms with Crippen LogP contribution in [0.4, 0.5) is 0 Å². The molecule has 0 heterocycles. The lowest BCUT2D eigenvalue weighted by Gasteiger charge is -2.12. The maximum atomic E-state index is 12.8. The molecule has 13 nitrogen and oxygen atoms in total. The van der Waals surface area contributed by atoms with Crippen LogP contribution < -0.4 is 4.13 Å². The van der Waals surface area contributed by atoms with E-state index in [0.29, 0.717) is 61.4 Å². The molecule has 2 aromatic carbocycles. The van der Waals surface area contributed by atoms with Crippen molar-refractivity contribution >= 4 is 59.4 Å². The standard InChI is InChI=1S/C16H19NO12S6/c1-30(18,19)11-5-12(31(2,20)21)8-15(7-11)34(26,27)17-35(28,29)16-9-13(32(3,22)23)6-14(10-16)33(4,24)25/h5-10,17H,1-4H3. The summed E-state index contributed by atoms with van der Waals surface area (Å²) < 4.78 is 148. The van der Waals surface area contributed by atoms with Crippen molar-refractivity contribution in [2.24, 2.45) is 0 Å². The van der Waals surface area contributed by atoms with Gasteiger partial charge in [0.25, 0.3) is 20.0 Å². The van der Waals surface area contributed by atoms with Crippen LogP contribution in [0.5, 0.6) is 0 Å². The van der Waals surface area contributed by atoms with Gasteiger partial charge in [0, 0.05) is 25.0 Å². The van der Waals surface area contributed by atoms with Crippen molar-refractivity contribution in [1.29, 1.82) is 0 Å². The average molecular weight is 610 g/mol. The monoisotopic (exact) mass is 609 g/mol. The summed E-state index contributed by atoms with van der Waals surface area (Å²) in [5.41, 5.74) is 0. The number of rotatable bonds is 8. The molecule has 0 aromatic heterocycles. The van der Waals surface area contributed by atoms with E-state index in [1.54, 1.807) is 0 Å². The van der Waals surface area contributed by atoms with Crippen molar-refractivity contribution in [3.8, 4) is 0 Å². The predicted molar refractivity (Wildman–Crippen MR) is 123 cm³/mol. The molecule has 35 heavy (non-hydrogen) atoms. The lowest BCUT2D eigenvalue weighted by Crippen LogP contribution is -2.31. The number of hydrogen-bond donors (Lipinski definition) is 1. The van der Waals surface area contributed by atoms with Crippen molar-refractivity contribution in [2.75, 3.05) is 25.0 Å². The molecule has 0 saturated heterocycles. The summed E-state index contributed by atoms with van der Waals surface area (Å²) in [7, 11) is -27.0. The summed E-state index contributed by atoms with van der Waals surface area (Å²) in [5.74, 6) is 0. The number of hydrogen-bond acceptors (Lipinski definition) is 12. The first-order chi connectivity index (χ1) is 15.3. The second kappa shape index (κ2) is 8.89. The van der Waals surface area contributed by atoms with Gasteiger partial charge < -0.3 is 0 Å². The molecule has 19 heteroatoms. The average Bonchev–Trinajstić information content (AvgIpc) is 2.63. The molecule has 196 valence electrons. The first kappa shape index (κ1) is 29.3. The van der Waals surface area contributed by atoms with Gasteiger partial charge in [-0.1, -0.05) is 0 Å². The van der Waals surface area contributed by atoms with Gasteiger partial charge in [-0.05, 0) is 36.4 Å². The Morgan fingerprint density at radius 2 is 0.543 bits per heavy atom. The van der Waals surface area contributed by atoms with Gasteiger partial charge in [-0.3, -0.25) is 0 Å². The van der Waals surface area contributed by atoms with E-state index >= 15 is 0 Å². The second-order valence-corrected chi connectivity index (χ2v) is 19.1. The molecule has 2 aromatic rings. The van der Waals surface area contributed by atoms with E-state index in [-0.39, 0.29) is 0 Å². The number of sulfone groups is 4. The Bertz CT molecular complexity index is 1630. The highest BCUT2D eigenvalue weighted by atomic mass is 32.3. The zero-order valence-corrected chi connectivity index (χ0v) is 23.2. The van der Waals surface area contributed by atoms with Gasteiger partial charge in [0.15, 0.2) is 39.3 Å². The fraction of sp³-hybridized carbons (Fsp3) is 0.250. The van der Waals surface area contributed by atoms with Gasteiger partial charge in [0.2, 0.25) is 0 Å². The summed E-state index contributed by atoms with van der Waals surface area (Å²) in [5, 5.41) is 0. The van der Waals surface area contributed by atoms with Crippen molar-refractivity contribution < 1.29 is 50.5 Å². The van der Waals surface area contributed by atoms with Gasteiger partial charge in [-0.25, -0.2) is 50.5 Å². The molecule has 0 aliphatic heterocycles. The molecular formula is C16H19NO12S6. The van der Waals surface area contributed by atoms with Crippen molar-refractivity contribution in [3.05, 3.63) is 36.4 Å². The normalized spacial score (nSPS) is 14.1. The Kier molecular flexibility index (Phi) is 7.45. The minimum absolute atomic E-state index is 0.525. The van der Waals surface area contributed by atoms with Crippen molar-refractivity contribution in [2.45, 2.75) is 29.4 Å². The largest absolute Gasteiger partial charge is 0.253 e. The Labute approximate surface area is 204 Å². The van der Waals surface area contributed by atoms with Crippen LogP contribution in [0.15, 0.2) is 65.8 Å². The summed E-state index contributed by atoms with van der Waals surface area (Å²) >= 11 is 0. The molecule has 0 amide bonds. The molecule has 0 saturated carbocycles. The lowest BCUT2D eigenvalue weighted by molar-refractivity contribution is 0.576. The zero-order valence-electron chi connectivity index (χ0n) is 18.3. The van der Waals surface area contributed by atoms with Crippen LogP contribution in [0.3, 0.4) is 0 Å². The third-order valence-electron chi connectivity index (χ3n) is 4.26. The second-order valence-electron chi connectivity index (χ2n) is 7.46. The van der Waals surface area contributed by atoms with E-state index in [1.807, 2.05) is 0 Å². The lowest BCUT2D eigenvalue weighted by atomic mass is 10.4. The Morgan fingerprint density at radius 1 is 0.371 bits per heavy atom. The van der Waals surface area contributed by atoms with Crippen LogP contribution in [0.1, 0.15) is 0 Å². The molecule has 0 radical (unpaired) electrons. The molecule has 0 aliphatic carbocycles. The fourth-order valence-corrected chi connectivity index (χ4v) is 8.73. The smallest absolute Gasteiger partial charge is 0.224 e. The van der Waals surface area contributed by atoms with Crippen LogP contribution in [0, 0.1) is 0 Å². The van der Waals surface area contributed by atoms with E-state index in [1.165, 1.54) is 4.13 Å². The van der Waals surface area contributed by atoms with Crippen LogP contribution in [0.25, 0.3) is 0 Å². The first-order valence-electron chi connectivity index (χ1n) is 8.73. The highest BCUT2D eigenvalue weighted by Gasteiger charge is 2.29. The highest BCUT2D eigenvalue weighted by Crippen LogP contribution is 2.25. The highest BCUT2D eigenvalue weighted by molar-refractivity contribution is 8.04. The van der Waals surface area contributed by atoms with Crippen LogP contribution in [-0.2, 0) is 59.4 Å². The molecule has 0 unspecified atom stereocenters.